The van der Waals surface area contributed by atoms with Crippen molar-refractivity contribution in [2.75, 3.05) is 0 Å². The Balaban J connectivity index is 2.14. The van der Waals surface area contributed by atoms with Crippen LogP contribution in [0.5, 0.6) is 0 Å². The van der Waals surface area contributed by atoms with Crippen LogP contribution in [-0.2, 0) is 11.8 Å². The Morgan fingerprint density at radius 1 is 1.03 bits per heavy atom. The van der Waals surface area contributed by atoms with Gasteiger partial charge in [-0.05, 0) is 59.1 Å². The van der Waals surface area contributed by atoms with E-state index < -0.39 is 0 Å². The van der Waals surface area contributed by atoms with E-state index in [1.165, 1.54) is 22.3 Å². The van der Waals surface area contributed by atoms with Crippen molar-refractivity contribution in [1.82, 2.24) is 4.98 Å². The Labute approximate surface area is 173 Å². The third-order valence-electron chi connectivity index (χ3n) is 5.91. The minimum Gasteiger partial charge on any atom is -0.252 e. The molecule has 0 N–H and O–H groups in total. The van der Waals surface area contributed by atoms with Crippen molar-refractivity contribution >= 4 is 6.08 Å². The maximum Gasteiger partial charge on any atom is 0.123 e. The lowest BCUT2D eigenvalue weighted by atomic mass is 9.69. The molecule has 0 aliphatic heterocycles. The number of fused-ring (bicyclic) bond motifs is 3. The predicted molar refractivity (Wildman–Crippen MR) is 121 cm³/mol. The maximum atomic E-state index is 13.7. The van der Waals surface area contributed by atoms with Crippen LogP contribution in [0.3, 0.4) is 0 Å². The first-order chi connectivity index (χ1) is 13.8. The minimum atomic E-state index is -0.209. The van der Waals surface area contributed by atoms with Crippen LogP contribution in [0.1, 0.15) is 62.9 Å². The second-order valence-electron chi connectivity index (χ2n) is 8.88. The number of rotatable bonds is 3. The molecule has 29 heavy (non-hydrogen) atoms. The van der Waals surface area contributed by atoms with Gasteiger partial charge in [-0.2, -0.15) is 0 Å². The summed E-state index contributed by atoms with van der Waals surface area (Å²) in [6.07, 6.45) is 5.14. The standard InChI is InChI=1S/C27H28FN/c1-6-9-21-24(18-12-14-19(28)15-13-18)22-16-27(4,5)23-11-8-7-10-20(23)26(22)29-25(21)17(2)3/h6-15,17H,16H2,1-5H3/b9-6+. The Morgan fingerprint density at radius 3 is 2.38 bits per heavy atom. The molecule has 0 saturated heterocycles. The van der Waals surface area contributed by atoms with Gasteiger partial charge in [-0.1, -0.05) is 76.2 Å². The highest BCUT2D eigenvalue weighted by Crippen LogP contribution is 2.47. The first-order valence-electron chi connectivity index (χ1n) is 10.4. The van der Waals surface area contributed by atoms with E-state index in [4.69, 9.17) is 4.98 Å². The van der Waals surface area contributed by atoms with Gasteiger partial charge in [0.15, 0.2) is 0 Å². The van der Waals surface area contributed by atoms with Crippen LogP contribution < -0.4 is 0 Å². The van der Waals surface area contributed by atoms with Gasteiger partial charge in [0.1, 0.15) is 5.82 Å². The molecule has 0 bridgehead atoms. The third kappa shape index (κ3) is 3.31. The average Bonchev–Trinajstić information content (AvgIpc) is 2.68. The van der Waals surface area contributed by atoms with E-state index >= 15 is 0 Å². The van der Waals surface area contributed by atoms with E-state index in [0.717, 1.165) is 28.9 Å². The minimum absolute atomic E-state index is 0.00655. The zero-order valence-corrected chi connectivity index (χ0v) is 17.9. The molecule has 1 aromatic heterocycles. The normalized spacial score (nSPS) is 14.9. The first-order valence-corrected chi connectivity index (χ1v) is 10.4. The van der Waals surface area contributed by atoms with Crippen LogP contribution in [0.25, 0.3) is 28.5 Å². The lowest BCUT2D eigenvalue weighted by Gasteiger charge is -2.36. The van der Waals surface area contributed by atoms with Crippen molar-refractivity contribution in [3.8, 4) is 22.4 Å². The molecule has 0 unspecified atom stereocenters. The SMILES string of the molecule is C/C=C/c1c(C(C)C)nc2c(c1-c1ccc(F)cc1)CC(C)(C)c1ccccc1-2. The van der Waals surface area contributed by atoms with Gasteiger partial charge in [0.2, 0.25) is 0 Å². The van der Waals surface area contributed by atoms with Crippen molar-refractivity contribution in [1.29, 1.82) is 0 Å². The van der Waals surface area contributed by atoms with Gasteiger partial charge in [-0.15, -0.1) is 0 Å². The van der Waals surface area contributed by atoms with Gasteiger partial charge in [0.25, 0.3) is 0 Å². The summed E-state index contributed by atoms with van der Waals surface area (Å²) in [7, 11) is 0. The van der Waals surface area contributed by atoms with E-state index in [1.54, 1.807) is 12.1 Å². The molecule has 2 aromatic carbocycles. The van der Waals surface area contributed by atoms with Crippen molar-refractivity contribution in [3.63, 3.8) is 0 Å². The number of hydrogen-bond acceptors (Lipinski definition) is 1. The van der Waals surface area contributed by atoms with Crippen LogP contribution in [0, 0.1) is 5.82 Å². The van der Waals surface area contributed by atoms with E-state index in [0.29, 0.717) is 0 Å². The highest BCUT2D eigenvalue weighted by Gasteiger charge is 2.34. The molecule has 3 aromatic rings. The second-order valence-corrected chi connectivity index (χ2v) is 8.88. The third-order valence-corrected chi connectivity index (χ3v) is 5.91. The van der Waals surface area contributed by atoms with Gasteiger partial charge in [-0.3, -0.25) is 4.98 Å². The molecule has 1 aliphatic rings. The zero-order chi connectivity index (χ0) is 20.8. The molecule has 1 nitrogen and oxygen atoms in total. The monoisotopic (exact) mass is 385 g/mol. The van der Waals surface area contributed by atoms with E-state index in [1.807, 2.05) is 19.1 Å². The van der Waals surface area contributed by atoms with Crippen molar-refractivity contribution in [2.24, 2.45) is 0 Å². The summed E-state index contributed by atoms with van der Waals surface area (Å²) < 4.78 is 13.7. The average molecular weight is 386 g/mol. The molecule has 0 amide bonds. The van der Waals surface area contributed by atoms with E-state index in [-0.39, 0.29) is 17.2 Å². The number of pyridine rings is 1. The number of halogens is 1. The molecule has 0 spiro atoms. The molecule has 0 atom stereocenters. The Hall–Kier alpha value is -2.74. The van der Waals surface area contributed by atoms with Crippen molar-refractivity contribution < 1.29 is 4.39 Å². The van der Waals surface area contributed by atoms with Gasteiger partial charge >= 0.3 is 0 Å². The number of aromatic nitrogens is 1. The van der Waals surface area contributed by atoms with Crippen molar-refractivity contribution in [2.45, 2.75) is 52.4 Å². The fourth-order valence-electron chi connectivity index (χ4n) is 4.59. The maximum absolute atomic E-state index is 13.7. The van der Waals surface area contributed by atoms with Gasteiger partial charge < -0.3 is 0 Å². The molecule has 0 fully saturated rings. The summed E-state index contributed by atoms with van der Waals surface area (Å²) in [6, 6.07) is 15.5. The van der Waals surface area contributed by atoms with Gasteiger partial charge in [-0.25, -0.2) is 4.39 Å². The molecular weight excluding hydrogens is 357 g/mol. The topological polar surface area (TPSA) is 12.9 Å². The molecule has 4 rings (SSSR count). The zero-order valence-electron chi connectivity index (χ0n) is 17.9. The molecule has 148 valence electrons. The van der Waals surface area contributed by atoms with Crippen LogP contribution in [0.4, 0.5) is 4.39 Å². The fourth-order valence-corrected chi connectivity index (χ4v) is 4.59. The first kappa shape index (κ1) is 19.6. The van der Waals surface area contributed by atoms with Crippen LogP contribution in [-0.4, -0.2) is 4.98 Å². The van der Waals surface area contributed by atoms with E-state index in [9.17, 15) is 4.39 Å². The summed E-state index contributed by atoms with van der Waals surface area (Å²) in [4.78, 5) is 5.22. The molecule has 1 heterocycles. The number of nitrogens with zero attached hydrogens (tertiary/aromatic N) is 1. The summed E-state index contributed by atoms with van der Waals surface area (Å²) in [5.41, 5.74) is 9.41. The van der Waals surface area contributed by atoms with Gasteiger partial charge in [0, 0.05) is 11.1 Å². The van der Waals surface area contributed by atoms with E-state index in [2.05, 4.69) is 64.1 Å². The molecular formula is C27H28FN. The number of benzene rings is 2. The number of hydrogen-bond donors (Lipinski definition) is 0. The highest BCUT2D eigenvalue weighted by atomic mass is 19.1. The largest absolute Gasteiger partial charge is 0.252 e. The smallest absolute Gasteiger partial charge is 0.123 e. The summed E-state index contributed by atoms with van der Waals surface area (Å²) in [6.45, 7) is 11.0. The Bertz CT molecular complexity index is 1090. The molecule has 0 radical (unpaired) electrons. The Morgan fingerprint density at radius 2 is 1.72 bits per heavy atom. The summed E-state index contributed by atoms with van der Waals surface area (Å²) >= 11 is 0. The Kier molecular flexibility index (Phi) is 4.90. The molecule has 0 saturated carbocycles. The lowest BCUT2D eigenvalue weighted by Crippen LogP contribution is -2.27. The van der Waals surface area contributed by atoms with Crippen molar-refractivity contribution in [3.05, 3.63) is 82.8 Å². The second kappa shape index (κ2) is 7.26. The van der Waals surface area contributed by atoms with Crippen LogP contribution >= 0.6 is 0 Å². The quantitative estimate of drug-likeness (QED) is 0.454. The highest BCUT2D eigenvalue weighted by molar-refractivity contribution is 5.87. The summed E-state index contributed by atoms with van der Waals surface area (Å²) in [5, 5.41) is 0. The lowest BCUT2D eigenvalue weighted by molar-refractivity contribution is 0.515. The van der Waals surface area contributed by atoms with Crippen LogP contribution in [0.15, 0.2) is 54.6 Å². The molecule has 2 heteroatoms. The summed E-state index contributed by atoms with van der Waals surface area (Å²) in [5.74, 6) is 0.0758. The number of allylic oxidation sites excluding steroid dienone is 1. The fraction of sp³-hybridized carbons (Fsp3) is 0.296. The predicted octanol–water partition coefficient (Wildman–Crippen LogP) is 7.54. The van der Waals surface area contributed by atoms with Crippen LogP contribution in [0.2, 0.25) is 0 Å². The molecule has 1 aliphatic carbocycles. The van der Waals surface area contributed by atoms with Gasteiger partial charge in [0.05, 0.1) is 11.4 Å².